The van der Waals surface area contributed by atoms with Gasteiger partial charge in [0.1, 0.15) is 0 Å². The van der Waals surface area contributed by atoms with Crippen LogP contribution in [-0.2, 0) is 0 Å². The molecular formula is H10AlNO2. The molecule has 3 nitrogen and oxygen atoms in total. The Balaban J connectivity index is 0. The second-order valence-corrected chi connectivity index (χ2v) is 0. The van der Waals surface area contributed by atoms with Crippen LogP contribution in [0.3, 0.4) is 0 Å². The van der Waals surface area contributed by atoms with Crippen molar-refractivity contribution >= 4 is 17.4 Å². The topological polar surface area (TPSA) is 98.0 Å². The molecule has 30 valence electrons. The summed E-state index contributed by atoms with van der Waals surface area (Å²) in [6.07, 6.45) is 0. The molecule has 0 aliphatic heterocycles. The third-order valence-electron chi connectivity index (χ3n) is 0. The van der Waals surface area contributed by atoms with Crippen LogP contribution < -0.4 is 6.15 Å². The molecule has 0 heterocycles. The third kappa shape index (κ3) is 28.3. The standard InChI is InChI=1S/Al.H3N.2H2O.3H/h;1H3;2*1H2;;;. The minimum absolute atomic E-state index is 0. The molecule has 4 heavy (non-hydrogen) atoms. The maximum absolute atomic E-state index is 0. The molecule has 0 fully saturated rings. The second kappa shape index (κ2) is 117. The van der Waals surface area contributed by atoms with E-state index in [9.17, 15) is 0 Å². The minimum atomic E-state index is 0. The van der Waals surface area contributed by atoms with Gasteiger partial charge in [-0.1, -0.05) is 0 Å². The largest absolute Gasteiger partial charge is 0.412 e. The van der Waals surface area contributed by atoms with Crippen LogP contribution in [0, 0.1) is 0 Å². The minimum Gasteiger partial charge on any atom is -0.412 e. The van der Waals surface area contributed by atoms with E-state index in [2.05, 4.69) is 0 Å². The Morgan fingerprint density at radius 2 is 0.750 bits per heavy atom. The second-order valence-electron chi connectivity index (χ2n) is 0. The molecule has 0 aromatic carbocycles. The summed E-state index contributed by atoms with van der Waals surface area (Å²) >= 11 is 0. The van der Waals surface area contributed by atoms with E-state index in [1.165, 1.54) is 0 Å². The van der Waals surface area contributed by atoms with Crippen LogP contribution in [0.25, 0.3) is 0 Å². The Labute approximate surface area is 35.3 Å². The van der Waals surface area contributed by atoms with Gasteiger partial charge in [-0.2, -0.15) is 0 Å². The Morgan fingerprint density at radius 3 is 0.750 bits per heavy atom. The molecule has 0 aromatic heterocycles. The molecule has 7 N–H and O–H groups in total. The summed E-state index contributed by atoms with van der Waals surface area (Å²) in [5.74, 6) is 0. The quantitative estimate of drug-likeness (QED) is 0.317. The summed E-state index contributed by atoms with van der Waals surface area (Å²) in [5, 5.41) is 0. The van der Waals surface area contributed by atoms with Crippen LogP contribution in [0.2, 0.25) is 0 Å². The smallest absolute Gasteiger partial charge is 0.187 e. The van der Waals surface area contributed by atoms with Crippen molar-refractivity contribution in [1.82, 2.24) is 6.15 Å². The normalized spacial score (nSPS) is 0. The van der Waals surface area contributed by atoms with E-state index in [1.54, 1.807) is 0 Å². The lowest BCUT2D eigenvalue weighted by molar-refractivity contribution is 0.823. The fraction of sp³-hybridized carbons (Fsp3) is 0. The molecule has 0 rings (SSSR count). The molecule has 0 spiro atoms. The molecule has 0 bridgehead atoms. The Kier molecular flexibility index (Phi) is 8810. The fourth-order valence-corrected chi connectivity index (χ4v) is 0. The predicted molar refractivity (Wildman–Crippen MR) is 22.2 cm³/mol. The van der Waals surface area contributed by atoms with Gasteiger partial charge in [0, 0.05) is 0 Å². The Bertz CT molecular complexity index is 6.00. The monoisotopic (exact) mass is 83.1 g/mol. The first-order chi connectivity index (χ1) is 0. The van der Waals surface area contributed by atoms with E-state index >= 15 is 0 Å². The molecule has 0 aromatic rings. The highest BCUT2D eigenvalue weighted by molar-refractivity contribution is 5.75. The van der Waals surface area contributed by atoms with Gasteiger partial charge in [0.2, 0.25) is 0 Å². The zero-order chi connectivity index (χ0) is 0. The van der Waals surface area contributed by atoms with Gasteiger partial charge in [0.15, 0.2) is 17.4 Å². The summed E-state index contributed by atoms with van der Waals surface area (Å²) < 4.78 is 0. The average molecular weight is 83.1 g/mol. The van der Waals surface area contributed by atoms with E-state index in [-0.39, 0.29) is 34.5 Å². The zero-order valence-corrected chi connectivity index (χ0v) is 1.71. The van der Waals surface area contributed by atoms with E-state index in [1.807, 2.05) is 0 Å². The summed E-state index contributed by atoms with van der Waals surface area (Å²) in [6.45, 7) is 0. The highest BCUT2D eigenvalue weighted by Gasteiger charge is 0.187. The van der Waals surface area contributed by atoms with E-state index in [0.29, 0.717) is 0 Å². The highest BCUT2D eigenvalue weighted by atomic mass is 27.0. The van der Waals surface area contributed by atoms with Gasteiger partial charge in [0.25, 0.3) is 0 Å². The van der Waals surface area contributed by atoms with Crippen LogP contribution in [0.15, 0.2) is 0 Å². The molecule has 0 unspecified atom stereocenters. The van der Waals surface area contributed by atoms with Gasteiger partial charge < -0.3 is 17.1 Å². The molecule has 0 amide bonds. The predicted octanol–water partition coefficient (Wildman–Crippen LogP) is -2.67. The number of hydrogen-bond acceptors (Lipinski definition) is 1. The van der Waals surface area contributed by atoms with E-state index in [4.69, 9.17) is 0 Å². The van der Waals surface area contributed by atoms with Crippen LogP contribution in [0.5, 0.6) is 0 Å². The van der Waals surface area contributed by atoms with Crippen molar-refractivity contribution in [2.75, 3.05) is 0 Å². The maximum Gasteiger partial charge on any atom is 0.187 e. The van der Waals surface area contributed by atoms with Crippen molar-refractivity contribution in [3.8, 4) is 0 Å². The summed E-state index contributed by atoms with van der Waals surface area (Å²) in [6, 6.07) is 0. The number of hydrogen-bond donors (Lipinski definition) is 1. The van der Waals surface area contributed by atoms with Crippen LogP contribution in [0.1, 0.15) is 0 Å². The molecule has 0 saturated heterocycles. The van der Waals surface area contributed by atoms with Crippen molar-refractivity contribution in [3.63, 3.8) is 0 Å². The van der Waals surface area contributed by atoms with Gasteiger partial charge in [-0.25, -0.2) is 0 Å². The van der Waals surface area contributed by atoms with Crippen LogP contribution in [0.4, 0.5) is 0 Å². The van der Waals surface area contributed by atoms with Crippen LogP contribution in [-0.4, -0.2) is 28.3 Å². The van der Waals surface area contributed by atoms with Crippen molar-refractivity contribution in [1.29, 1.82) is 0 Å². The lowest BCUT2D eigenvalue weighted by Gasteiger charge is -0.413. The Hall–Kier alpha value is 0.412. The first-order valence-electron chi connectivity index (χ1n) is 0. The zero-order valence-electron chi connectivity index (χ0n) is 1.71. The molecule has 0 saturated carbocycles. The van der Waals surface area contributed by atoms with Gasteiger partial charge in [-0.05, 0) is 0 Å². The van der Waals surface area contributed by atoms with Crippen molar-refractivity contribution in [2.45, 2.75) is 0 Å². The first kappa shape index (κ1) is 302. The molecule has 0 radical (unpaired) electrons. The van der Waals surface area contributed by atoms with Crippen LogP contribution >= 0.6 is 0 Å². The van der Waals surface area contributed by atoms with E-state index in [0.717, 1.165) is 0 Å². The van der Waals surface area contributed by atoms with Gasteiger partial charge in [0.05, 0.1) is 0 Å². The highest BCUT2D eigenvalue weighted by Crippen LogP contribution is -0.288. The molecule has 0 aliphatic carbocycles. The fourth-order valence-electron chi connectivity index (χ4n) is 0. The average Bonchev–Trinajstić information content (AvgIpc) is 0. The van der Waals surface area contributed by atoms with Gasteiger partial charge >= 0.3 is 0 Å². The van der Waals surface area contributed by atoms with Gasteiger partial charge in [-0.15, -0.1) is 0 Å². The van der Waals surface area contributed by atoms with Crippen molar-refractivity contribution < 1.29 is 11.0 Å². The molecule has 0 aliphatic rings. The summed E-state index contributed by atoms with van der Waals surface area (Å²) in [7, 11) is 0. The Morgan fingerprint density at radius 1 is 0.750 bits per heavy atom. The van der Waals surface area contributed by atoms with E-state index < -0.39 is 0 Å². The SMILES string of the molecule is N.O.O.[AlH3]. The summed E-state index contributed by atoms with van der Waals surface area (Å²) in [4.78, 5) is 0. The lowest BCUT2D eigenvalue weighted by atomic mass is 14.0. The number of rotatable bonds is 0. The molecule has 4 heteroatoms. The third-order valence-corrected chi connectivity index (χ3v) is 0. The molecular weight excluding hydrogens is 73.0 g/mol. The van der Waals surface area contributed by atoms with Crippen molar-refractivity contribution in [2.24, 2.45) is 0 Å². The lowest BCUT2D eigenvalue weighted by Crippen LogP contribution is -0.481. The maximum atomic E-state index is 0. The molecule has 0 atom stereocenters. The summed E-state index contributed by atoms with van der Waals surface area (Å²) in [5.41, 5.74) is 0. The van der Waals surface area contributed by atoms with Gasteiger partial charge in [-0.3, -0.25) is 0 Å². The first-order valence-corrected chi connectivity index (χ1v) is 0. The van der Waals surface area contributed by atoms with Crippen molar-refractivity contribution in [3.05, 3.63) is 0 Å².